The van der Waals surface area contributed by atoms with Crippen molar-refractivity contribution in [2.75, 3.05) is 22.7 Å². The fraction of sp³-hybridized carbons (Fsp3) is 0.316. The Morgan fingerprint density at radius 3 is 2.39 bits per heavy atom. The third-order valence-corrected chi connectivity index (χ3v) is 6.21. The van der Waals surface area contributed by atoms with Crippen LogP contribution in [0.15, 0.2) is 24.4 Å². The lowest BCUT2D eigenvalue weighted by Crippen LogP contribution is -2.43. The van der Waals surface area contributed by atoms with Crippen molar-refractivity contribution in [1.82, 2.24) is 9.47 Å². The third kappa shape index (κ3) is 4.60. The lowest BCUT2D eigenvalue weighted by Gasteiger charge is -2.26. The summed E-state index contributed by atoms with van der Waals surface area (Å²) in [6, 6.07) is 2.28. The van der Waals surface area contributed by atoms with Crippen molar-refractivity contribution < 1.29 is 41.8 Å². The number of nitrogens with zero attached hydrogens (tertiary/aromatic N) is 3. The Bertz CT molecular complexity index is 1200. The summed E-state index contributed by atoms with van der Waals surface area (Å²) in [5, 5.41) is 21.0. The van der Waals surface area contributed by atoms with Gasteiger partial charge in [-0.3, -0.25) is 13.9 Å². The first-order valence-corrected chi connectivity index (χ1v) is 10.6. The van der Waals surface area contributed by atoms with E-state index in [0.29, 0.717) is 4.31 Å². The van der Waals surface area contributed by atoms with Gasteiger partial charge in [-0.05, 0) is 30.7 Å². The SMILES string of the molecule is Cc1cc(NC(=O)c2c(F)c(N([C@H]3CN(C(=O)O)C[C@@H]3C(=O)O)[SH](=O)=O)cn2C)ccc1F. The normalized spacial score (nSPS) is 17.9. The molecule has 2 amide bonds. The maximum atomic E-state index is 15.3. The van der Waals surface area contributed by atoms with Crippen LogP contribution in [0.25, 0.3) is 0 Å². The average molecular weight is 486 g/mol. The van der Waals surface area contributed by atoms with Crippen LogP contribution in [0.2, 0.25) is 0 Å². The van der Waals surface area contributed by atoms with E-state index >= 15 is 4.39 Å². The first-order valence-electron chi connectivity index (χ1n) is 9.48. The highest BCUT2D eigenvalue weighted by Crippen LogP contribution is 2.32. The number of likely N-dealkylation sites (tertiary alicyclic amines) is 1. The molecule has 0 unspecified atom stereocenters. The quantitative estimate of drug-likeness (QED) is 0.449. The molecule has 1 saturated heterocycles. The van der Waals surface area contributed by atoms with Crippen LogP contribution in [-0.4, -0.2) is 65.2 Å². The van der Waals surface area contributed by atoms with Gasteiger partial charge >= 0.3 is 12.1 Å². The largest absolute Gasteiger partial charge is 0.481 e. The van der Waals surface area contributed by atoms with Crippen LogP contribution in [-0.2, 0) is 22.7 Å². The molecule has 0 radical (unpaired) electrons. The summed E-state index contributed by atoms with van der Waals surface area (Å²) < 4.78 is 54.3. The zero-order valence-electron chi connectivity index (χ0n) is 17.4. The van der Waals surface area contributed by atoms with E-state index in [2.05, 4.69) is 5.32 Å². The van der Waals surface area contributed by atoms with Gasteiger partial charge in [0.05, 0.1) is 12.0 Å². The maximum Gasteiger partial charge on any atom is 0.407 e. The minimum atomic E-state index is -3.61. The molecule has 0 aliphatic carbocycles. The number of aryl methyl sites for hydroxylation is 2. The Morgan fingerprint density at radius 2 is 1.85 bits per heavy atom. The fourth-order valence-corrected chi connectivity index (χ4v) is 4.53. The number of benzene rings is 1. The topological polar surface area (TPSA) is 149 Å². The summed E-state index contributed by atoms with van der Waals surface area (Å²) in [5.74, 6) is -5.61. The van der Waals surface area contributed by atoms with E-state index in [-0.39, 0.29) is 11.3 Å². The molecule has 33 heavy (non-hydrogen) atoms. The molecular formula is C19H20F2N4O7S. The molecular weight excluding hydrogens is 466 g/mol. The summed E-state index contributed by atoms with van der Waals surface area (Å²) in [4.78, 5) is 36.3. The zero-order valence-corrected chi connectivity index (χ0v) is 18.3. The van der Waals surface area contributed by atoms with Gasteiger partial charge in [0.2, 0.25) is 10.9 Å². The average Bonchev–Trinajstić information content (AvgIpc) is 3.27. The van der Waals surface area contributed by atoms with Crippen LogP contribution in [0, 0.1) is 24.5 Å². The Morgan fingerprint density at radius 1 is 1.18 bits per heavy atom. The number of thiol groups is 1. The summed E-state index contributed by atoms with van der Waals surface area (Å²) >= 11 is 0. The molecule has 1 aromatic carbocycles. The highest BCUT2D eigenvalue weighted by atomic mass is 32.2. The smallest absolute Gasteiger partial charge is 0.407 e. The standard InChI is InChI=1S/C19H20F2N4O7S/c1-9-5-10(3-4-12(9)20)22-17(26)16-15(21)14(7-23(16)2)25(33(31)32)13-8-24(19(29)30)6-11(13)18(27)28/h3-5,7,11,13,33H,6,8H2,1-2H3,(H,22,26)(H,27,28)(H,29,30)/t11-,13-/m0/s1. The lowest BCUT2D eigenvalue weighted by atomic mass is 10.0. The van der Waals surface area contributed by atoms with Crippen molar-refractivity contribution in [2.45, 2.75) is 13.0 Å². The molecule has 1 aliphatic heterocycles. The number of hydrogen-bond acceptors (Lipinski definition) is 5. The number of anilines is 2. The van der Waals surface area contributed by atoms with Crippen molar-refractivity contribution in [3.8, 4) is 0 Å². The number of amides is 2. The highest BCUT2D eigenvalue weighted by molar-refractivity contribution is 7.74. The van der Waals surface area contributed by atoms with Gasteiger partial charge in [0, 0.05) is 32.0 Å². The fourth-order valence-electron chi connectivity index (χ4n) is 3.73. The van der Waals surface area contributed by atoms with Crippen molar-refractivity contribution in [2.24, 2.45) is 13.0 Å². The number of carbonyl (C=O) groups excluding carboxylic acids is 1. The maximum absolute atomic E-state index is 15.3. The van der Waals surface area contributed by atoms with Crippen molar-refractivity contribution in [3.05, 3.63) is 47.3 Å². The number of carboxylic acid groups (broad SMARTS) is 2. The molecule has 0 spiro atoms. The number of nitrogens with one attached hydrogen (secondary N) is 1. The van der Waals surface area contributed by atoms with Gasteiger partial charge in [-0.25, -0.2) is 22.0 Å². The van der Waals surface area contributed by atoms with Gasteiger partial charge < -0.3 is 25.0 Å². The first-order chi connectivity index (χ1) is 15.4. The van der Waals surface area contributed by atoms with Gasteiger partial charge in [-0.2, -0.15) is 0 Å². The van der Waals surface area contributed by atoms with E-state index in [1.807, 2.05) is 0 Å². The molecule has 3 N–H and O–H groups in total. The highest BCUT2D eigenvalue weighted by Gasteiger charge is 2.45. The summed E-state index contributed by atoms with van der Waals surface area (Å²) in [7, 11) is -2.33. The predicted molar refractivity (Wildman–Crippen MR) is 112 cm³/mol. The monoisotopic (exact) mass is 486 g/mol. The Balaban J connectivity index is 1.98. The van der Waals surface area contributed by atoms with Gasteiger partial charge in [0.1, 0.15) is 17.2 Å². The number of carbonyl (C=O) groups is 3. The number of carboxylic acids is 1. The molecule has 1 aliphatic rings. The molecule has 11 nitrogen and oxygen atoms in total. The molecule has 1 fully saturated rings. The zero-order chi connectivity index (χ0) is 24.6. The number of hydrogen-bond donors (Lipinski definition) is 4. The van der Waals surface area contributed by atoms with Crippen LogP contribution in [0.3, 0.4) is 0 Å². The second kappa shape index (κ2) is 9.05. The molecule has 2 heterocycles. The van der Waals surface area contributed by atoms with Crippen LogP contribution >= 0.6 is 0 Å². The van der Waals surface area contributed by atoms with E-state index in [9.17, 15) is 37.4 Å². The van der Waals surface area contributed by atoms with Crippen molar-refractivity contribution >= 4 is 40.2 Å². The second-order valence-corrected chi connectivity index (χ2v) is 8.39. The van der Waals surface area contributed by atoms with Crippen LogP contribution in [0.5, 0.6) is 0 Å². The van der Waals surface area contributed by atoms with E-state index in [1.54, 1.807) is 0 Å². The summed E-state index contributed by atoms with van der Waals surface area (Å²) in [6.45, 7) is 0.483. The second-order valence-electron chi connectivity index (χ2n) is 7.49. The van der Waals surface area contributed by atoms with Gasteiger partial charge in [0.15, 0.2) is 5.82 Å². The lowest BCUT2D eigenvalue weighted by molar-refractivity contribution is -0.141. The van der Waals surface area contributed by atoms with Crippen LogP contribution < -0.4 is 9.62 Å². The minimum Gasteiger partial charge on any atom is -0.481 e. The molecule has 1 aromatic heterocycles. The van der Waals surface area contributed by atoms with Gasteiger partial charge in [0.25, 0.3) is 5.91 Å². The summed E-state index contributed by atoms with van der Waals surface area (Å²) in [6.07, 6.45) is -0.457. The number of rotatable bonds is 6. The Kier molecular flexibility index (Phi) is 6.58. The molecule has 2 aromatic rings. The first kappa shape index (κ1) is 24.0. The summed E-state index contributed by atoms with van der Waals surface area (Å²) in [5.41, 5.74) is -0.753. The molecule has 0 saturated carbocycles. The predicted octanol–water partition coefficient (Wildman–Crippen LogP) is 1.26. The molecule has 178 valence electrons. The number of halogens is 2. The molecule has 3 rings (SSSR count). The minimum absolute atomic E-state index is 0.173. The number of aromatic nitrogens is 1. The molecule has 2 atom stereocenters. The van der Waals surface area contributed by atoms with E-state index in [4.69, 9.17) is 0 Å². The molecule has 0 bridgehead atoms. The van der Waals surface area contributed by atoms with E-state index in [1.165, 1.54) is 26.1 Å². The van der Waals surface area contributed by atoms with Crippen molar-refractivity contribution in [3.63, 3.8) is 0 Å². The van der Waals surface area contributed by atoms with Crippen LogP contribution in [0.1, 0.15) is 16.1 Å². The van der Waals surface area contributed by atoms with Crippen LogP contribution in [0.4, 0.5) is 25.0 Å². The van der Waals surface area contributed by atoms with E-state index < -0.39 is 76.9 Å². The van der Waals surface area contributed by atoms with Gasteiger partial charge in [-0.1, -0.05) is 0 Å². The Hall–Kier alpha value is -3.68. The Labute approximate surface area is 187 Å². The van der Waals surface area contributed by atoms with E-state index in [0.717, 1.165) is 21.7 Å². The third-order valence-electron chi connectivity index (χ3n) is 5.35. The van der Waals surface area contributed by atoms with Crippen molar-refractivity contribution in [1.29, 1.82) is 0 Å². The molecule has 14 heteroatoms. The number of aliphatic carboxylic acids is 1. The van der Waals surface area contributed by atoms with Gasteiger partial charge in [-0.15, -0.1) is 0 Å².